The van der Waals surface area contributed by atoms with Gasteiger partial charge in [-0.2, -0.15) is 0 Å². The van der Waals surface area contributed by atoms with E-state index in [1.54, 1.807) is 14.0 Å². The summed E-state index contributed by atoms with van der Waals surface area (Å²) in [5.74, 6) is -1.66. The molecule has 170 valence electrons. The number of rotatable bonds is 10. The third-order valence-corrected chi connectivity index (χ3v) is 5.10. The topological polar surface area (TPSA) is 116 Å². The number of aryl methyl sites for hydroxylation is 1. The van der Waals surface area contributed by atoms with Gasteiger partial charge in [-0.25, -0.2) is 0 Å². The van der Waals surface area contributed by atoms with Gasteiger partial charge in [0.2, 0.25) is 5.75 Å². The third-order valence-electron chi connectivity index (χ3n) is 5.10. The summed E-state index contributed by atoms with van der Waals surface area (Å²) in [5, 5.41) is 20.9. The Labute approximate surface area is 180 Å². The summed E-state index contributed by atoms with van der Waals surface area (Å²) in [6.45, 7) is 2.58. The van der Waals surface area contributed by atoms with E-state index in [9.17, 15) is 19.8 Å². The number of aromatic hydroxyl groups is 2. The third kappa shape index (κ3) is 5.29. The normalized spacial score (nSPS) is 11.8. The number of carbonyl (C=O) groups excluding carboxylic acids is 1. The predicted octanol–water partition coefficient (Wildman–Crippen LogP) is 2.32. The van der Waals surface area contributed by atoms with E-state index in [1.807, 2.05) is 0 Å². The lowest BCUT2D eigenvalue weighted by molar-refractivity contribution is -0.140. The molecule has 0 saturated heterocycles. The van der Waals surface area contributed by atoms with Gasteiger partial charge in [-0.3, -0.25) is 9.59 Å². The summed E-state index contributed by atoms with van der Waals surface area (Å²) in [6.07, 6.45) is 0.390. The second-order valence-corrected chi connectivity index (χ2v) is 6.99. The quantitative estimate of drug-likeness (QED) is 0.431. The van der Waals surface area contributed by atoms with E-state index in [4.69, 9.17) is 18.9 Å². The monoisotopic (exact) mass is 435 g/mol. The number of hydrogen-bond acceptors (Lipinski definition) is 8. The molecule has 2 aromatic rings. The van der Waals surface area contributed by atoms with Gasteiger partial charge < -0.3 is 33.7 Å². The standard InChI is InChI=1S/C22H29NO8/c1-13-9-16(24)20(22(27)23(13)7-6-8-28-2)15(12-19(25)31-5)14-10-17(29-3)21(26)18(11-14)30-4/h9-11,15,24,26H,6-8,12H2,1-5H3. The van der Waals surface area contributed by atoms with Gasteiger partial charge in [0, 0.05) is 31.9 Å². The second kappa shape index (κ2) is 10.7. The van der Waals surface area contributed by atoms with E-state index in [0.717, 1.165) is 0 Å². The summed E-state index contributed by atoms with van der Waals surface area (Å²) >= 11 is 0. The van der Waals surface area contributed by atoms with Gasteiger partial charge in [-0.1, -0.05) is 0 Å². The Hall–Kier alpha value is -3.20. The Balaban J connectivity index is 2.71. The van der Waals surface area contributed by atoms with Crippen LogP contribution in [-0.2, 0) is 20.8 Å². The first-order chi connectivity index (χ1) is 14.8. The van der Waals surface area contributed by atoms with Crippen molar-refractivity contribution in [2.75, 3.05) is 35.0 Å². The summed E-state index contributed by atoms with van der Waals surface area (Å²) in [6, 6.07) is 4.49. The molecule has 2 N–H and O–H groups in total. The van der Waals surface area contributed by atoms with E-state index in [-0.39, 0.29) is 35.0 Å². The van der Waals surface area contributed by atoms with Crippen LogP contribution in [-0.4, -0.2) is 55.8 Å². The number of aromatic nitrogens is 1. The highest BCUT2D eigenvalue weighted by Gasteiger charge is 2.28. The molecule has 0 bridgehead atoms. The van der Waals surface area contributed by atoms with Gasteiger partial charge >= 0.3 is 5.97 Å². The zero-order chi connectivity index (χ0) is 23.1. The Morgan fingerprint density at radius 2 is 1.68 bits per heavy atom. The molecule has 9 heteroatoms. The minimum absolute atomic E-state index is 0.0446. The minimum Gasteiger partial charge on any atom is -0.507 e. The predicted molar refractivity (Wildman–Crippen MR) is 113 cm³/mol. The van der Waals surface area contributed by atoms with Crippen molar-refractivity contribution in [2.45, 2.75) is 32.2 Å². The first kappa shape index (κ1) is 24.1. The van der Waals surface area contributed by atoms with Crippen LogP contribution >= 0.6 is 0 Å². The second-order valence-electron chi connectivity index (χ2n) is 6.99. The lowest BCUT2D eigenvalue weighted by Crippen LogP contribution is -2.29. The van der Waals surface area contributed by atoms with Crippen LogP contribution in [0.2, 0.25) is 0 Å². The van der Waals surface area contributed by atoms with E-state index in [2.05, 4.69) is 0 Å². The molecule has 0 amide bonds. The van der Waals surface area contributed by atoms with Crippen molar-refractivity contribution in [2.24, 2.45) is 0 Å². The van der Waals surface area contributed by atoms with Crippen molar-refractivity contribution >= 4 is 5.97 Å². The van der Waals surface area contributed by atoms with Crippen molar-refractivity contribution in [1.29, 1.82) is 0 Å². The molecule has 0 radical (unpaired) electrons. The van der Waals surface area contributed by atoms with E-state index in [1.165, 1.54) is 44.1 Å². The SMILES string of the molecule is COCCCn1c(C)cc(O)c(C(CC(=O)OC)c2cc(OC)c(O)c(OC)c2)c1=O. The van der Waals surface area contributed by atoms with Gasteiger partial charge in [0.05, 0.1) is 33.3 Å². The maximum absolute atomic E-state index is 13.4. The Kier molecular flexibility index (Phi) is 8.32. The van der Waals surface area contributed by atoms with Crippen molar-refractivity contribution in [3.63, 3.8) is 0 Å². The van der Waals surface area contributed by atoms with Crippen LogP contribution in [0.4, 0.5) is 0 Å². The van der Waals surface area contributed by atoms with E-state index < -0.39 is 17.4 Å². The number of phenolic OH excluding ortho intramolecular Hbond substituents is 1. The number of nitrogens with zero attached hydrogens (tertiary/aromatic N) is 1. The fourth-order valence-corrected chi connectivity index (χ4v) is 3.49. The van der Waals surface area contributed by atoms with E-state index in [0.29, 0.717) is 30.8 Å². The lowest BCUT2D eigenvalue weighted by Gasteiger charge is -2.22. The maximum Gasteiger partial charge on any atom is 0.306 e. The van der Waals surface area contributed by atoms with Gasteiger partial charge in [0.15, 0.2) is 11.5 Å². The smallest absolute Gasteiger partial charge is 0.306 e. The molecule has 0 aliphatic rings. The molecule has 1 aromatic heterocycles. The first-order valence-corrected chi connectivity index (χ1v) is 9.72. The molecular weight excluding hydrogens is 406 g/mol. The summed E-state index contributed by atoms with van der Waals surface area (Å²) < 4.78 is 21.8. The molecule has 0 fully saturated rings. The Morgan fingerprint density at radius 1 is 1.06 bits per heavy atom. The van der Waals surface area contributed by atoms with Crippen molar-refractivity contribution < 1.29 is 34.0 Å². The average Bonchev–Trinajstić information content (AvgIpc) is 2.75. The molecule has 1 atom stereocenters. The largest absolute Gasteiger partial charge is 0.507 e. The molecular formula is C22H29NO8. The molecule has 0 spiro atoms. The number of methoxy groups -OCH3 is 4. The van der Waals surface area contributed by atoms with Gasteiger partial charge in [-0.05, 0) is 37.1 Å². The zero-order valence-corrected chi connectivity index (χ0v) is 18.4. The highest BCUT2D eigenvalue weighted by atomic mass is 16.5. The van der Waals surface area contributed by atoms with Gasteiger partial charge in [0.1, 0.15) is 5.75 Å². The van der Waals surface area contributed by atoms with Crippen LogP contribution in [0.1, 0.15) is 35.6 Å². The fourth-order valence-electron chi connectivity index (χ4n) is 3.49. The van der Waals surface area contributed by atoms with Crippen LogP contribution in [0.3, 0.4) is 0 Å². The molecule has 9 nitrogen and oxygen atoms in total. The number of phenols is 1. The Morgan fingerprint density at radius 3 is 2.19 bits per heavy atom. The minimum atomic E-state index is -0.863. The highest BCUT2D eigenvalue weighted by molar-refractivity contribution is 5.72. The number of benzene rings is 1. The maximum atomic E-state index is 13.4. The molecule has 1 aromatic carbocycles. The van der Waals surface area contributed by atoms with Crippen molar-refractivity contribution in [1.82, 2.24) is 4.57 Å². The zero-order valence-electron chi connectivity index (χ0n) is 18.4. The number of hydrogen-bond donors (Lipinski definition) is 2. The molecule has 2 rings (SSSR count). The summed E-state index contributed by atoms with van der Waals surface area (Å²) in [7, 11) is 5.57. The van der Waals surface area contributed by atoms with Gasteiger partial charge in [-0.15, -0.1) is 0 Å². The van der Waals surface area contributed by atoms with Crippen LogP contribution < -0.4 is 15.0 Å². The number of esters is 1. The van der Waals surface area contributed by atoms with Crippen LogP contribution in [0.15, 0.2) is 23.0 Å². The number of carbonyl (C=O) groups is 1. The van der Waals surface area contributed by atoms with Crippen LogP contribution in [0.25, 0.3) is 0 Å². The highest BCUT2D eigenvalue weighted by Crippen LogP contribution is 2.42. The first-order valence-electron chi connectivity index (χ1n) is 9.72. The molecule has 0 aliphatic heterocycles. The Bertz CT molecular complexity index is 957. The van der Waals surface area contributed by atoms with Gasteiger partial charge in [0.25, 0.3) is 5.56 Å². The molecule has 0 aliphatic carbocycles. The molecule has 1 heterocycles. The number of pyridine rings is 1. The van der Waals surface area contributed by atoms with E-state index >= 15 is 0 Å². The molecule has 31 heavy (non-hydrogen) atoms. The average molecular weight is 435 g/mol. The van der Waals surface area contributed by atoms with Crippen molar-refractivity contribution in [3.8, 4) is 23.0 Å². The lowest BCUT2D eigenvalue weighted by atomic mass is 9.87. The summed E-state index contributed by atoms with van der Waals surface area (Å²) in [4.78, 5) is 25.6. The number of ether oxygens (including phenoxy) is 4. The summed E-state index contributed by atoms with van der Waals surface area (Å²) in [5.41, 5.74) is 0.647. The van der Waals surface area contributed by atoms with Crippen LogP contribution in [0.5, 0.6) is 23.0 Å². The molecule has 0 saturated carbocycles. The fraction of sp³-hybridized carbons (Fsp3) is 0.455. The van der Waals surface area contributed by atoms with Crippen LogP contribution in [0, 0.1) is 6.92 Å². The van der Waals surface area contributed by atoms with Crippen molar-refractivity contribution in [3.05, 3.63) is 45.4 Å². The molecule has 1 unspecified atom stereocenters.